The van der Waals surface area contributed by atoms with Crippen molar-refractivity contribution in [2.24, 2.45) is 5.92 Å². The standard InChI is InChI=1S/C14H22O3/c1-12(2)7-8-16-9-10-17-14-5-3-13(11-15)4-6-14/h3-6,12,15H,7-11H2,1-2H3. The van der Waals surface area contributed by atoms with Gasteiger partial charge in [0.05, 0.1) is 13.2 Å². The van der Waals surface area contributed by atoms with Gasteiger partial charge in [0.1, 0.15) is 12.4 Å². The molecule has 0 saturated carbocycles. The summed E-state index contributed by atoms with van der Waals surface area (Å²) in [5.41, 5.74) is 0.894. The molecule has 0 aromatic heterocycles. The molecular weight excluding hydrogens is 216 g/mol. The number of ether oxygens (including phenoxy) is 2. The van der Waals surface area contributed by atoms with Gasteiger partial charge in [-0.25, -0.2) is 0 Å². The van der Waals surface area contributed by atoms with Crippen LogP contribution in [0.2, 0.25) is 0 Å². The van der Waals surface area contributed by atoms with E-state index in [1.54, 1.807) is 0 Å². The van der Waals surface area contributed by atoms with E-state index in [-0.39, 0.29) is 6.61 Å². The summed E-state index contributed by atoms with van der Waals surface area (Å²) in [5, 5.41) is 8.89. The molecule has 0 radical (unpaired) electrons. The fraction of sp³-hybridized carbons (Fsp3) is 0.571. The minimum atomic E-state index is 0.0680. The quantitative estimate of drug-likeness (QED) is 0.708. The van der Waals surface area contributed by atoms with Crippen LogP contribution >= 0.6 is 0 Å². The molecule has 0 aliphatic heterocycles. The Labute approximate surface area is 103 Å². The van der Waals surface area contributed by atoms with Crippen LogP contribution in [0.15, 0.2) is 24.3 Å². The predicted molar refractivity (Wildman–Crippen MR) is 68.1 cm³/mol. The second kappa shape index (κ2) is 8.09. The molecule has 0 saturated heterocycles. The number of rotatable bonds is 8. The molecule has 0 aliphatic carbocycles. The minimum absolute atomic E-state index is 0.0680. The van der Waals surface area contributed by atoms with E-state index in [0.29, 0.717) is 19.1 Å². The first kappa shape index (κ1) is 14.0. The lowest BCUT2D eigenvalue weighted by Crippen LogP contribution is -2.08. The Kier molecular flexibility index (Phi) is 6.67. The molecule has 0 unspecified atom stereocenters. The van der Waals surface area contributed by atoms with Crippen molar-refractivity contribution in [3.63, 3.8) is 0 Å². The molecule has 0 fully saturated rings. The highest BCUT2D eigenvalue weighted by Crippen LogP contribution is 2.11. The Morgan fingerprint density at radius 3 is 2.35 bits per heavy atom. The summed E-state index contributed by atoms with van der Waals surface area (Å²) in [6, 6.07) is 7.43. The van der Waals surface area contributed by atoms with E-state index in [1.807, 2.05) is 24.3 Å². The molecule has 1 rings (SSSR count). The van der Waals surface area contributed by atoms with E-state index in [1.165, 1.54) is 0 Å². The Balaban J connectivity index is 2.09. The largest absolute Gasteiger partial charge is 0.491 e. The summed E-state index contributed by atoms with van der Waals surface area (Å²) >= 11 is 0. The molecule has 0 bridgehead atoms. The van der Waals surface area contributed by atoms with Gasteiger partial charge < -0.3 is 14.6 Å². The fourth-order valence-electron chi connectivity index (χ4n) is 1.33. The summed E-state index contributed by atoms with van der Waals surface area (Å²) < 4.78 is 11.0. The van der Waals surface area contributed by atoms with Crippen LogP contribution in [0.4, 0.5) is 0 Å². The van der Waals surface area contributed by atoms with E-state index in [4.69, 9.17) is 14.6 Å². The molecule has 0 aliphatic rings. The molecule has 3 nitrogen and oxygen atoms in total. The smallest absolute Gasteiger partial charge is 0.119 e. The Morgan fingerprint density at radius 2 is 1.76 bits per heavy atom. The number of hydrogen-bond donors (Lipinski definition) is 1. The summed E-state index contributed by atoms with van der Waals surface area (Å²) in [6.07, 6.45) is 1.09. The molecule has 0 atom stereocenters. The van der Waals surface area contributed by atoms with Crippen molar-refractivity contribution >= 4 is 0 Å². The molecule has 0 heterocycles. The average molecular weight is 238 g/mol. The highest BCUT2D eigenvalue weighted by molar-refractivity contribution is 5.26. The predicted octanol–water partition coefficient (Wildman–Crippen LogP) is 2.62. The van der Waals surface area contributed by atoms with E-state index >= 15 is 0 Å². The van der Waals surface area contributed by atoms with Gasteiger partial charge in [0, 0.05) is 6.61 Å². The van der Waals surface area contributed by atoms with Gasteiger partial charge in [-0.05, 0) is 30.0 Å². The lowest BCUT2D eigenvalue weighted by Gasteiger charge is -2.08. The van der Waals surface area contributed by atoms with Gasteiger partial charge in [0.25, 0.3) is 0 Å². The number of benzene rings is 1. The molecule has 1 N–H and O–H groups in total. The first-order valence-electron chi connectivity index (χ1n) is 6.12. The van der Waals surface area contributed by atoms with Crippen molar-refractivity contribution in [1.29, 1.82) is 0 Å². The minimum Gasteiger partial charge on any atom is -0.491 e. The second-order valence-electron chi connectivity index (χ2n) is 4.45. The van der Waals surface area contributed by atoms with Gasteiger partial charge in [-0.3, -0.25) is 0 Å². The zero-order chi connectivity index (χ0) is 12.5. The van der Waals surface area contributed by atoms with Gasteiger partial charge in [-0.1, -0.05) is 26.0 Å². The summed E-state index contributed by atoms with van der Waals surface area (Å²) in [6.45, 7) is 6.42. The molecule has 0 amide bonds. The maximum absolute atomic E-state index is 8.89. The highest BCUT2D eigenvalue weighted by Gasteiger charge is 1.96. The lowest BCUT2D eigenvalue weighted by molar-refractivity contribution is 0.0926. The molecular formula is C14H22O3. The maximum atomic E-state index is 8.89. The van der Waals surface area contributed by atoms with Crippen molar-refractivity contribution in [3.8, 4) is 5.75 Å². The number of aliphatic hydroxyl groups excluding tert-OH is 1. The molecule has 17 heavy (non-hydrogen) atoms. The van der Waals surface area contributed by atoms with Crippen LogP contribution in [0.25, 0.3) is 0 Å². The third-order valence-electron chi connectivity index (χ3n) is 2.44. The fourth-order valence-corrected chi connectivity index (χ4v) is 1.33. The van der Waals surface area contributed by atoms with Crippen LogP contribution in [0, 0.1) is 5.92 Å². The summed E-state index contributed by atoms with van der Waals surface area (Å²) in [5.74, 6) is 1.50. The van der Waals surface area contributed by atoms with Crippen molar-refractivity contribution < 1.29 is 14.6 Å². The highest BCUT2D eigenvalue weighted by atomic mass is 16.5. The van der Waals surface area contributed by atoms with E-state index in [2.05, 4.69) is 13.8 Å². The SMILES string of the molecule is CC(C)CCOCCOc1ccc(CO)cc1. The Hall–Kier alpha value is -1.06. The number of hydrogen-bond acceptors (Lipinski definition) is 3. The Morgan fingerprint density at radius 1 is 1.06 bits per heavy atom. The van der Waals surface area contributed by atoms with Crippen LogP contribution in [0.1, 0.15) is 25.8 Å². The monoisotopic (exact) mass is 238 g/mol. The van der Waals surface area contributed by atoms with Crippen molar-refractivity contribution in [2.75, 3.05) is 19.8 Å². The third-order valence-corrected chi connectivity index (χ3v) is 2.44. The zero-order valence-electron chi connectivity index (χ0n) is 10.7. The normalized spacial score (nSPS) is 10.8. The maximum Gasteiger partial charge on any atom is 0.119 e. The van der Waals surface area contributed by atoms with Crippen LogP contribution in [0.3, 0.4) is 0 Å². The van der Waals surface area contributed by atoms with Gasteiger partial charge in [0.2, 0.25) is 0 Å². The lowest BCUT2D eigenvalue weighted by atomic mass is 10.1. The van der Waals surface area contributed by atoms with Crippen LogP contribution in [0.5, 0.6) is 5.75 Å². The van der Waals surface area contributed by atoms with Crippen molar-refractivity contribution in [3.05, 3.63) is 29.8 Å². The van der Waals surface area contributed by atoms with Crippen molar-refractivity contribution in [1.82, 2.24) is 0 Å². The second-order valence-corrected chi connectivity index (χ2v) is 4.45. The summed E-state index contributed by atoms with van der Waals surface area (Å²) in [7, 11) is 0. The Bertz CT molecular complexity index is 293. The van der Waals surface area contributed by atoms with Gasteiger partial charge in [-0.15, -0.1) is 0 Å². The molecule has 0 spiro atoms. The van der Waals surface area contributed by atoms with Crippen molar-refractivity contribution in [2.45, 2.75) is 26.9 Å². The average Bonchev–Trinajstić information content (AvgIpc) is 2.34. The zero-order valence-corrected chi connectivity index (χ0v) is 10.7. The van der Waals surface area contributed by atoms with E-state index in [9.17, 15) is 0 Å². The van der Waals surface area contributed by atoms with Gasteiger partial charge in [-0.2, -0.15) is 0 Å². The molecule has 96 valence electrons. The summed E-state index contributed by atoms with van der Waals surface area (Å²) in [4.78, 5) is 0. The molecule has 3 heteroatoms. The molecule has 1 aromatic carbocycles. The van der Waals surface area contributed by atoms with Crippen LogP contribution in [-0.2, 0) is 11.3 Å². The molecule has 1 aromatic rings. The van der Waals surface area contributed by atoms with Crippen LogP contribution in [-0.4, -0.2) is 24.9 Å². The number of aliphatic hydroxyl groups is 1. The third kappa shape index (κ3) is 6.29. The van der Waals surface area contributed by atoms with E-state index < -0.39 is 0 Å². The first-order valence-corrected chi connectivity index (χ1v) is 6.12. The van der Waals surface area contributed by atoms with E-state index in [0.717, 1.165) is 24.3 Å². The first-order chi connectivity index (χ1) is 8.22. The van der Waals surface area contributed by atoms with Gasteiger partial charge in [0.15, 0.2) is 0 Å². The van der Waals surface area contributed by atoms with Crippen LogP contribution < -0.4 is 4.74 Å². The van der Waals surface area contributed by atoms with Gasteiger partial charge >= 0.3 is 0 Å². The topological polar surface area (TPSA) is 38.7 Å².